The molecule has 0 aromatic heterocycles. The number of hydrogen-bond donors (Lipinski definition) is 1. The molecule has 0 aliphatic carbocycles. The minimum absolute atomic E-state index is 0.343. The van der Waals surface area contributed by atoms with Crippen LogP contribution in [0.3, 0.4) is 0 Å². The van der Waals surface area contributed by atoms with E-state index in [0.29, 0.717) is 30.3 Å². The van der Waals surface area contributed by atoms with Gasteiger partial charge in [-0.25, -0.2) is 4.79 Å². The minimum Gasteiger partial charge on any atom is -0.497 e. The van der Waals surface area contributed by atoms with Crippen LogP contribution in [0.4, 0.5) is 10.5 Å². The van der Waals surface area contributed by atoms with Gasteiger partial charge in [-0.2, -0.15) is 0 Å². The molecule has 1 aliphatic rings. The number of carboxylic acid groups (broad SMARTS) is 1. The maximum atomic E-state index is 10.9. The van der Waals surface area contributed by atoms with Crippen LogP contribution in [-0.4, -0.2) is 31.5 Å². The number of hydrogen-bond acceptors (Lipinski definition) is 3. The van der Waals surface area contributed by atoms with Crippen molar-refractivity contribution in [3.05, 3.63) is 18.2 Å². The summed E-state index contributed by atoms with van der Waals surface area (Å²) in [5.41, 5.74) is 0.535. The van der Waals surface area contributed by atoms with Crippen LogP contribution in [0.5, 0.6) is 11.5 Å². The first-order valence-corrected chi connectivity index (χ1v) is 4.53. The van der Waals surface area contributed by atoms with E-state index in [1.54, 1.807) is 18.2 Å². The highest BCUT2D eigenvalue weighted by Crippen LogP contribution is 2.34. The summed E-state index contributed by atoms with van der Waals surface area (Å²) >= 11 is 0. The second-order valence-corrected chi connectivity index (χ2v) is 3.12. The molecule has 0 bridgehead atoms. The summed E-state index contributed by atoms with van der Waals surface area (Å²) in [7, 11) is 1.54. The van der Waals surface area contributed by atoms with Crippen molar-refractivity contribution < 1.29 is 19.4 Å². The largest absolute Gasteiger partial charge is 0.497 e. The minimum atomic E-state index is -0.979. The third-order valence-electron chi connectivity index (χ3n) is 2.26. The Morgan fingerprint density at radius 1 is 1.60 bits per heavy atom. The highest BCUT2D eigenvalue weighted by atomic mass is 16.5. The molecular formula is C10H11NO4. The van der Waals surface area contributed by atoms with Gasteiger partial charge in [0.15, 0.2) is 0 Å². The van der Waals surface area contributed by atoms with Crippen molar-refractivity contribution in [3.63, 3.8) is 0 Å². The van der Waals surface area contributed by atoms with Crippen molar-refractivity contribution in [3.8, 4) is 11.5 Å². The van der Waals surface area contributed by atoms with Gasteiger partial charge in [-0.3, -0.25) is 4.90 Å². The Morgan fingerprint density at radius 3 is 3.07 bits per heavy atom. The van der Waals surface area contributed by atoms with Crippen LogP contribution in [0.2, 0.25) is 0 Å². The van der Waals surface area contributed by atoms with Crippen LogP contribution in [0.25, 0.3) is 0 Å². The first-order chi connectivity index (χ1) is 7.22. The molecule has 80 valence electrons. The zero-order chi connectivity index (χ0) is 10.8. The molecule has 0 saturated carbocycles. The van der Waals surface area contributed by atoms with Gasteiger partial charge < -0.3 is 14.6 Å². The number of benzene rings is 1. The van der Waals surface area contributed by atoms with Gasteiger partial charge in [-0.15, -0.1) is 0 Å². The molecule has 1 aromatic carbocycles. The van der Waals surface area contributed by atoms with Crippen molar-refractivity contribution in [2.75, 3.05) is 25.2 Å². The fourth-order valence-corrected chi connectivity index (χ4v) is 1.52. The SMILES string of the molecule is COc1ccc2c(c1)N(C(=O)O)CCO2. The van der Waals surface area contributed by atoms with Crippen LogP contribution in [0, 0.1) is 0 Å². The highest BCUT2D eigenvalue weighted by molar-refractivity contribution is 5.89. The second-order valence-electron chi connectivity index (χ2n) is 3.12. The molecule has 1 N–H and O–H groups in total. The molecule has 0 radical (unpaired) electrons. The van der Waals surface area contributed by atoms with Crippen LogP contribution in [-0.2, 0) is 0 Å². The Bertz CT molecular complexity index is 391. The average molecular weight is 209 g/mol. The Balaban J connectivity index is 2.43. The van der Waals surface area contributed by atoms with Gasteiger partial charge in [-0.1, -0.05) is 0 Å². The van der Waals surface area contributed by atoms with Crippen molar-refractivity contribution in [2.24, 2.45) is 0 Å². The number of rotatable bonds is 1. The summed E-state index contributed by atoms with van der Waals surface area (Å²) < 4.78 is 10.4. The highest BCUT2D eigenvalue weighted by Gasteiger charge is 2.23. The quantitative estimate of drug-likeness (QED) is 0.762. The molecular weight excluding hydrogens is 198 g/mol. The third kappa shape index (κ3) is 1.68. The van der Waals surface area contributed by atoms with Crippen molar-refractivity contribution >= 4 is 11.8 Å². The number of amides is 1. The van der Waals surface area contributed by atoms with Gasteiger partial charge in [0.2, 0.25) is 0 Å². The summed E-state index contributed by atoms with van der Waals surface area (Å²) in [6, 6.07) is 5.11. The van der Waals surface area contributed by atoms with Crippen LogP contribution >= 0.6 is 0 Å². The van der Waals surface area contributed by atoms with Crippen LogP contribution in [0.1, 0.15) is 0 Å². The Hall–Kier alpha value is -1.91. The first kappa shape index (κ1) is 9.64. The molecule has 0 unspecified atom stereocenters. The van der Waals surface area contributed by atoms with Gasteiger partial charge in [0.05, 0.1) is 19.3 Å². The normalized spacial score (nSPS) is 14.1. The molecule has 0 fully saturated rings. The average Bonchev–Trinajstić information content (AvgIpc) is 2.27. The fraction of sp³-hybridized carbons (Fsp3) is 0.300. The molecule has 5 nitrogen and oxygen atoms in total. The number of nitrogens with zero attached hydrogens (tertiary/aromatic N) is 1. The molecule has 5 heteroatoms. The number of methoxy groups -OCH3 is 1. The van der Waals surface area contributed by atoms with E-state index in [9.17, 15) is 4.79 Å². The van der Waals surface area contributed by atoms with Gasteiger partial charge in [0.25, 0.3) is 0 Å². The molecule has 1 amide bonds. The smallest absolute Gasteiger partial charge is 0.412 e. The second kappa shape index (κ2) is 3.68. The zero-order valence-corrected chi connectivity index (χ0v) is 8.27. The lowest BCUT2D eigenvalue weighted by molar-refractivity contribution is 0.196. The topological polar surface area (TPSA) is 59.0 Å². The summed E-state index contributed by atoms with van der Waals surface area (Å²) in [5, 5.41) is 8.98. The third-order valence-corrected chi connectivity index (χ3v) is 2.26. The van der Waals surface area contributed by atoms with E-state index in [4.69, 9.17) is 14.6 Å². The number of carbonyl (C=O) groups is 1. The number of fused-ring (bicyclic) bond motifs is 1. The van der Waals surface area contributed by atoms with E-state index in [1.165, 1.54) is 12.0 Å². The van der Waals surface area contributed by atoms with E-state index in [0.717, 1.165) is 0 Å². The fourth-order valence-electron chi connectivity index (χ4n) is 1.52. The first-order valence-electron chi connectivity index (χ1n) is 4.53. The molecule has 1 aliphatic heterocycles. The molecule has 0 atom stereocenters. The number of anilines is 1. The molecule has 1 aromatic rings. The molecule has 0 spiro atoms. The van der Waals surface area contributed by atoms with Crippen molar-refractivity contribution in [1.29, 1.82) is 0 Å². The maximum Gasteiger partial charge on any atom is 0.412 e. The lowest BCUT2D eigenvalue weighted by Gasteiger charge is -2.27. The van der Waals surface area contributed by atoms with Gasteiger partial charge in [0.1, 0.15) is 18.1 Å². The van der Waals surface area contributed by atoms with E-state index in [-0.39, 0.29) is 0 Å². The number of ether oxygens (including phenoxy) is 2. The monoisotopic (exact) mass is 209 g/mol. The van der Waals surface area contributed by atoms with E-state index in [2.05, 4.69) is 0 Å². The molecule has 15 heavy (non-hydrogen) atoms. The standard InChI is InChI=1S/C10H11NO4/c1-14-7-2-3-9-8(6-7)11(10(12)13)4-5-15-9/h2-3,6H,4-5H2,1H3,(H,12,13). The summed E-state index contributed by atoms with van der Waals surface area (Å²) in [4.78, 5) is 12.2. The Morgan fingerprint density at radius 2 is 2.40 bits per heavy atom. The van der Waals surface area contributed by atoms with Gasteiger partial charge >= 0.3 is 6.09 Å². The molecule has 1 heterocycles. The lowest BCUT2D eigenvalue weighted by Crippen LogP contribution is -2.36. The van der Waals surface area contributed by atoms with E-state index < -0.39 is 6.09 Å². The van der Waals surface area contributed by atoms with Crippen LogP contribution < -0.4 is 14.4 Å². The van der Waals surface area contributed by atoms with E-state index >= 15 is 0 Å². The summed E-state index contributed by atoms with van der Waals surface area (Å²) in [6.07, 6.45) is -0.979. The lowest BCUT2D eigenvalue weighted by atomic mass is 10.2. The van der Waals surface area contributed by atoms with Gasteiger partial charge in [0, 0.05) is 6.07 Å². The molecule has 0 saturated heterocycles. The van der Waals surface area contributed by atoms with Crippen LogP contribution in [0.15, 0.2) is 18.2 Å². The predicted molar refractivity (Wildman–Crippen MR) is 53.9 cm³/mol. The van der Waals surface area contributed by atoms with Crippen molar-refractivity contribution in [2.45, 2.75) is 0 Å². The molecule has 2 rings (SSSR count). The van der Waals surface area contributed by atoms with Crippen molar-refractivity contribution in [1.82, 2.24) is 0 Å². The maximum absolute atomic E-state index is 10.9. The Kier molecular flexibility index (Phi) is 2.37. The predicted octanol–water partition coefficient (Wildman–Crippen LogP) is 1.57. The Labute approximate surface area is 86.8 Å². The zero-order valence-electron chi connectivity index (χ0n) is 8.27. The summed E-state index contributed by atoms with van der Waals surface area (Å²) in [5.74, 6) is 1.19. The van der Waals surface area contributed by atoms with E-state index in [1.807, 2.05) is 0 Å². The summed E-state index contributed by atoms with van der Waals surface area (Å²) in [6.45, 7) is 0.723. The van der Waals surface area contributed by atoms with Gasteiger partial charge in [-0.05, 0) is 12.1 Å².